The second-order valence-electron chi connectivity index (χ2n) is 6.24. The molecule has 1 aromatic heterocycles. The number of rotatable bonds is 6. The predicted molar refractivity (Wildman–Crippen MR) is 99.0 cm³/mol. The van der Waals surface area contributed by atoms with Gasteiger partial charge in [-0.3, -0.25) is 9.69 Å². The summed E-state index contributed by atoms with van der Waals surface area (Å²) in [6.45, 7) is 0.947. The Kier molecular flexibility index (Phi) is 5.37. The van der Waals surface area contributed by atoms with Gasteiger partial charge in [-0.15, -0.1) is 11.3 Å². The number of nitriles is 1. The minimum atomic E-state index is -0.0903. The van der Waals surface area contributed by atoms with E-state index in [0.29, 0.717) is 17.1 Å². The van der Waals surface area contributed by atoms with Gasteiger partial charge >= 0.3 is 0 Å². The second kappa shape index (κ2) is 7.68. The lowest BCUT2D eigenvalue weighted by molar-refractivity contribution is -0.117. The summed E-state index contributed by atoms with van der Waals surface area (Å²) in [5.41, 5.74) is 2.90. The van der Waals surface area contributed by atoms with E-state index in [9.17, 15) is 10.1 Å². The molecule has 1 aromatic carbocycles. The van der Waals surface area contributed by atoms with Crippen LogP contribution in [0.15, 0.2) is 24.3 Å². The van der Waals surface area contributed by atoms with E-state index in [1.54, 1.807) is 18.4 Å². The summed E-state index contributed by atoms with van der Waals surface area (Å²) >= 11 is 1.55. The molecular formula is C19H21N3O2S. The molecule has 1 N–H and O–H groups in total. The second-order valence-corrected chi connectivity index (χ2v) is 7.35. The molecule has 1 aliphatic rings. The van der Waals surface area contributed by atoms with Crippen LogP contribution >= 0.6 is 11.3 Å². The van der Waals surface area contributed by atoms with Crippen LogP contribution in [0.3, 0.4) is 0 Å². The first-order chi connectivity index (χ1) is 12.1. The lowest BCUT2D eigenvalue weighted by Gasteiger charge is -2.16. The van der Waals surface area contributed by atoms with E-state index < -0.39 is 0 Å². The number of thiophene rings is 1. The van der Waals surface area contributed by atoms with E-state index in [0.717, 1.165) is 36.1 Å². The zero-order chi connectivity index (χ0) is 17.8. The zero-order valence-corrected chi connectivity index (χ0v) is 15.3. The summed E-state index contributed by atoms with van der Waals surface area (Å²) in [7, 11) is 3.55. The Morgan fingerprint density at radius 2 is 2.12 bits per heavy atom. The fourth-order valence-corrected chi connectivity index (χ4v) is 4.38. The number of fused-ring (bicyclic) bond motifs is 1. The summed E-state index contributed by atoms with van der Waals surface area (Å²) in [5, 5.41) is 13.0. The van der Waals surface area contributed by atoms with Gasteiger partial charge in [-0.05, 0) is 49.6 Å². The number of methoxy groups -OCH3 is 1. The van der Waals surface area contributed by atoms with Crippen LogP contribution in [0.25, 0.3) is 0 Å². The number of carbonyl (C=O) groups is 1. The number of aryl methyl sites for hydroxylation is 1. The van der Waals surface area contributed by atoms with Crippen LogP contribution in [0.5, 0.6) is 5.75 Å². The van der Waals surface area contributed by atoms with E-state index in [4.69, 9.17) is 4.74 Å². The van der Waals surface area contributed by atoms with Gasteiger partial charge in [-0.2, -0.15) is 5.26 Å². The van der Waals surface area contributed by atoms with Gasteiger partial charge in [0.25, 0.3) is 0 Å². The maximum atomic E-state index is 12.3. The Bertz CT molecular complexity index is 805. The molecule has 25 heavy (non-hydrogen) atoms. The van der Waals surface area contributed by atoms with Gasteiger partial charge in [0.05, 0.1) is 19.2 Å². The maximum absolute atomic E-state index is 12.3. The number of hydrogen-bond donors (Lipinski definition) is 1. The number of nitrogens with zero attached hydrogens (tertiary/aromatic N) is 2. The first kappa shape index (κ1) is 17.5. The van der Waals surface area contributed by atoms with Gasteiger partial charge in [0, 0.05) is 11.4 Å². The van der Waals surface area contributed by atoms with Crippen molar-refractivity contribution in [3.8, 4) is 11.8 Å². The molecule has 3 rings (SSSR count). The molecule has 1 heterocycles. The lowest BCUT2D eigenvalue weighted by atomic mass is 10.1. The third-order valence-corrected chi connectivity index (χ3v) is 5.52. The fourth-order valence-electron chi connectivity index (χ4n) is 3.12. The summed E-state index contributed by atoms with van der Waals surface area (Å²) in [5.74, 6) is 0.728. The Balaban J connectivity index is 1.58. The molecule has 0 radical (unpaired) electrons. The van der Waals surface area contributed by atoms with Crippen molar-refractivity contribution in [2.45, 2.75) is 25.8 Å². The molecule has 5 nitrogen and oxygen atoms in total. The normalized spacial score (nSPS) is 12.7. The maximum Gasteiger partial charge on any atom is 0.239 e. The number of ether oxygens (including phenoxy) is 1. The van der Waals surface area contributed by atoms with E-state index in [2.05, 4.69) is 11.4 Å². The van der Waals surface area contributed by atoms with Crippen molar-refractivity contribution in [2.75, 3.05) is 26.0 Å². The Morgan fingerprint density at radius 1 is 1.36 bits per heavy atom. The molecule has 0 saturated carbocycles. The zero-order valence-electron chi connectivity index (χ0n) is 14.5. The highest BCUT2D eigenvalue weighted by Crippen LogP contribution is 2.38. The van der Waals surface area contributed by atoms with Crippen molar-refractivity contribution in [2.24, 2.45) is 0 Å². The van der Waals surface area contributed by atoms with Crippen LogP contribution in [0, 0.1) is 11.3 Å². The van der Waals surface area contributed by atoms with Crippen LogP contribution in [0.1, 0.15) is 28.0 Å². The van der Waals surface area contributed by atoms with Gasteiger partial charge in [-0.25, -0.2) is 0 Å². The number of amides is 1. The van der Waals surface area contributed by atoms with Crippen molar-refractivity contribution in [1.82, 2.24) is 4.90 Å². The average molecular weight is 355 g/mol. The molecule has 0 saturated heterocycles. The molecule has 0 unspecified atom stereocenters. The molecule has 0 aliphatic heterocycles. The molecule has 1 amide bonds. The molecule has 1 aliphatic carbocycles. The highest BCUT2D eigenvalue weighted by Gasteiger charge is 2.23. The average Bonchev–Trinajstić information content (AvgIpc) is 3.15. The highest BCUT2D eigenvalue weighted by atomic mass is 32.1. The SMILES string of the molecule is COc1ccc(CN(C)CC(=O)Nc2sc3c(c2C#N)CCC3)cc1. The van der Waals surface area contributed by atoms with Gasteiger partial charge in [0.15, 0.2) is 0 Å². The summed E-state index contributed by atoms with van der Waals surface area (Å²) < 4.78 is 5.15. The lowest BCUT2D eigenvalue weighted by Crippen LogP contribution is -2.29. The molecule has 0 fully saturated rings. The number of likely N-dealkylation sites (N-methyl/N-ethyl adjacent to an activating group) is 1. The number of anilines is 1. The third-order valence-electron chi connectivity index (χ3n) is 4.31. The Hall–Kier alpha value is -2.36. The van der Waals surface area contributed by atoms with Crippen molar-refractivity contribution in [3.63, 3.8) is 0 Å². The molecule has 0 atom stereocenters. The van der Waals surface area contributed by atoms with Gasteiger partial charge in [0.2, 0.25) is 5.91 Å². The minimum absolute atomic E-state index is 0.0903. The summed E-state index contributed by atoms with van der Waals surface area (Å²) in [6, 6.07) is 10.1. The van der Waals surface area contributed by atoms with E-state index in [-0.39, 0.29) is 12.5 Å². The van der Waals surface area contributed by atoms with Gasteiger partial charge < -0.3 is 10.1 Å². The fraction of sp³-hybridized carbons (Fsp3) is 0.368. The van der Waals surface area contributed by atoms with Gasteiger partial charge in [-0.1, -0.05) is 12.1 Å². The van der Waals surface area contributed by atoms with Crippen LogP contribution in [-0.2, 0) is 24.2 Å². The highest BCUT2D eigenvalue weighted by molar-refractivity contribution is 7.16. The van der Waals surface area contributed by atoms with Crippen LogP contribution in [0.2, 0.25) is 0 Å². The monoisotopic (exact) mass is 355 g/mol. The molecule has 6 heteroatoms. The molecule has 0 spiro atoms. The Morgan fingerprint density at radius 3 is 2.80 bits per heavy atom. The van der Waals surface area contributed by atoms with Crippen molar-refractivity contribution in [3.05, 3.63) is 45.8 Å². The third kappa shape index (κ3) is 4.01. The van der Waals surface area contributed by atoms with Crippen LogP contribution in [-0.4, -0.2) is 31.5 Å². The van der Waals surface area contributed by atoms with E-state index in [1.165, 1.54) is 4.88 Å². The first-order valence-corrected chi connectivity index (χ1v) is 9.08. The number of benzene rings is 1. The first-order valence-electron chi connectivity index (χ1n) is 8.26. The van der Waals surface area contributed by atoms with Crippen molar-refractivity contribution >= 4 is 22.2 Å². The molecule has 130 valence electrons. The van der Waals surface area contributed by atoms with Crippen molar-refractivity contribution < 1.29 is 9.53 Å². The molecule has 2 aromatic rings. The van der Waals surface area contributed by atoms with Crippen LogP contribution in [0.4, 0.5) is 5.00 Å². The predicted octanol–water partition coefficient (Wildman–Crippen LogP) is 3.19. The summed E-state index contributed by atoms with van der Waals surface area (Å²) in [4.78, 5) is 15.5. The van der Waals surface area contributed by atoms with E-state index >= 15 is 0 Å². The topological polar surface area (TPSA) is 65.4 Å². The summed E-state index contributed by atoms with van der Waals surface area (Å²) in [6.07, 6.45) is 3.07. The smallest absolute Gasteiger partial charge is 0.239 e. The standard InChI is InChI=1S/C19H21N3O2S/c1-22(11-13-6-8-14(24-2)9-7-13)12-18(23)21-19-16(10-20)15-4-3-5-17(15)25-19/h6-9H,3-5,11-12H2,1-2H3,(H,21,23). The van der Waals surface area contributed by atoms with E-state index in [1.807, 2.05) is 36.2 Å². The minimum Gasteiger partial charge on any atom is -0.497 e. The van der Waals surface area contributed by atoms with Gasteiger partial charge in [0.1, 0.15) is 16.8 Å². The van der Waals surface area contributed by atoms with Crippen LogP contribution < -0.4 is 10.1 Å². The quantitative estimate of drug-likeness (QED) is 0.864. The molecular weight excluding hydrogens is 334 g/mol. The number of carbonyl (C=O) groups excluding carboxylic acids is 1. The number of nitrogens with one attached hydrogen (secondary N) is 1. The Labute approximate surface area is 151 Å². The largest absolute Gasteiger partial charge is 0.497 e. The number of hydrogen-bond acceptors (Lipinski definition) is 5. The van der Waals surface area contributed by atoms with Crippen molar-refractivity contribution in [1.29, 1.82) is 5.26 Å². The molecule has 0 bridgehead atoms.